The Morgan fingerprint density at radius 1 is 1.03 bits per heavy atom. The summed E-state index contributed by atoms with van der Waals surface area (Å²) >= 11 is 0. The molecule has 0 saturated carbocycles. The maximum atomic E-state index is 13.8. The Morgan fingerprint density at radius 3 is 2.48 bits per heavy atom. The second-order valence-corrected chi connectivity index (χ2v) is 7.57. The molecule has 2 aromatic carbocycles. The fourth-order valence-corrected chi connectivity index (χ4v) is 3.35. The molecular formula is C24H29FN2O4. The average Bonchev–Trinajstić information content (AvgIpc) is 2.79. The molecule has 1 heterocycles. The molecule has 31 heavy (non-hydrogen) atoms. The Bertz CT molecular complexity index is 867. The minimum absolute atomic E-state index is 0.137. The van der Waals surface area contributed by atoms with Crippen molar-refractivity contribution in [3.05, 3.63) is 65.5 Å². The Kier molecular flexibility index (Phi) is 8.41. The first-order valence-electron chi connectivity index (χ1n) is 10.7. The molecule has 166 valence electrons. The van der Waals surface area contributed by atoms with E-state index in [1.165, 1.54) is 18.2 Å². The number of halogens is 1. The van der Waals surface area contributed by atoms with Gasteiger partial charge in [-0.1, -0.05) is 43.7 Å². The summed E-state index contributed by atoms with van der Waals surface area (Å²) in [7, 11) is 0. The molecule has 0 N–H and O–H groups in total. The van der Waals surface area contributed by atoms with E-state index >= 15 is 0 Å². The Hall–Kier alpha value is -2.93. The van der Waals surface area contributed by atoms with Crippen LogP contribution in [0.4, 0.5) is 9.18 Å². The number of ketones is 1. The summed E-state index contributed by atoms with van der Waals surface area (Å²) in [6.07, 6.45) is 1.53. The maximum absolute atomic E-state index is 13.8. The topological polar surface area (TPSA) is 59.1 Å². The quantitative estimate of drug-likeness (QED) is 0.444. The molecular weight excluding hydrogens is 399 g/mol. The van der Waals surface area contributed by atoms with Gasteiger partial charge in [0.05, 0.1) is 18.7 Å². The number of rotatable bonds is 9. The van der Waals surface area contributed by atoms with Crippen molar-refractivity contribution in [1.82, 2.24) is 9.80 Å². The first-order chi connectivity index (χ1) is 15.1. The average molecular weight is 429 g/mol. The normalized spacial score (nSPS) is 14.3. The molecule has 1 aliphatic rings. The van der Waals surface area contributed by atoms with Crippen LogP contribution in [-0.2, 0) is 11.3 Å². The van der Waals surface area contributed by atoms with Crippen LogP contribution in [0.2, 0.25) is 0 Å². The second kappa shape index (κ2) is 11.5. The first kappa shape index (κ1) is 22.7. The molecule has 0 bridgehead atoms. The fourth-order valence-electron chi connectivity index (χ4n) is 3.35. The van der Waals surface area contributed by atoms with Crippen molar-refractivity contribution in [2.24, 2.45) is 0 Å². The summed E-state index contributed by atoms with van der Waals surface area (Å²) in [5.74, 6) is -0.344. The smallest absolute Gasteiger partial charge is 0.409 e. The van der Waals surface area contributed by atoms with Gasteiger partial charge in [0.1, 0.15) is 18.2 Å². The van der Waals surface area contributed by atoms with E-state index in [1.807, 2.05) is 42.2 Å². The predicted molar refractivity (Wildman–Crippen MR) is 116 cm³/mol. The van der Waals surface area contributed by atoms with Crippen molar-refractivity contribution in [3.8, 4) is 5.75 Å². The molecule has 0 aliphatic carbocycles. The molecule has 6 nitrogen and oxygen atoms in total. The van der Waals surface area contributed by atoms with Crippen LogP contribution in [0.3, 0.4) is 0 Å². The molecule has 1 fully saturated rings. The molecule has 0 radical (unpaired) electrons. The Morgan fingerprint density at radius 2 is 1.77 bits per heavy atom. The van der Waals surface area contributed by atoms with E-state index in [1.54, 1.807) is 4.90 Å². The predicted octanol–water partition coefficient (Wildman–Crippen LogP) is 4.14. The number of Topliss-reactive ketones (excluding diaryl/α,β-unsaturated/α-hetero) is 1. The van der Waals surface area contributed by atoms with Crippen LogP contribution < -0.4 is 4.74 Å². The van der Waals surface area contributed by atoms with Crippen molar-refractivity contribution in [3.63, 3.8) is 0 Å². The highest BCUT2D eigenvalue weighted by Gasteiger charge is 2.24. The van der Waals surface area contributed by atoms with Gasteiger partial charge >= 0.3 is 6.09 Å². The maximum Gasteiger partial charge on any atom is 0.409 e. The van der Waals surface area contributed by atoms with Gasteiger partial charge in [-0.25, -0.2) is 9.18 Å². The first-order valence-corrected chi connectivity index (χ1v) is 10.7. The molecule has 3 rings (SSSR count). The molecule has 0 aromatic heterocycles. The molecule has 0 unspecified atom stereocenters. The number of carbonyl (C=O) groups is 2. The monoisotopic (exact) mass is 428 g/mol. The van der Waals surface area contributed by atoms with E-state index < -0.39 is 5.82 Å². The van der Waals surface area contributed by atoms with Gasteiger partial charge in [-0.2, -0.15) is 0 Å². The van der Waals surface area contributed by atoms with Crippen LogP contribution in [0.25, 0.3) is 0 Å². The second-order valence-electron chi connectivity index (χ2n) is 7.57. The highest BCUT2D eigenvalue weighted by Crippen LogP contribution is 2.22. The van der Waals surface area contributed by atoms with E-state index in [9.17, 15) is 14.0 Å². The fraction of sp³-hybridized carbons (Fsp3) is 0.417. The summed E-state index contributed by atoms with van der Waals surface area (Å²) in [5.41, 5.74) is 1.30. The van der Waals surface area contributed by atoms with E-state index in [2.05, 4.69) is 0 Å². The minimum atomic E-state index is -0.449. The highest BCUT2D eigenvalue weighted by molar-refractivity contribution is 6.00. The zero-order valence-corrected chi connectivity index (χ0v) is 17.9. The lowest BCUT2D eigenvalue weighted by atomic mass is 10.1. The molecule has 7 heteroatoms. The van der Waals surface area contributed by atoms with Gasteiger partial charge in [0.25, 0.3) is 0 Å². The van der Waals surface area contributed by atoms with Crippen LogP contribution in [0.5, 0.6) is 5.75 Å². The number of piperazine rings is 1. The number of amides is 1. The Balaban J connectivity index is 1.54. The summed E-state index contributed by atoms with van der Waals surface area (Å²) < 4.78 is 24.8. The number of hydrogen-bond donors (Lipinski definition) is 0. The SMILES string of the molecule is CCCCOC(=O)N1CCN(CC(=O)c2ccc(F)cc2OCc2ccccc2)CC1. The molecule has 1 saturated heterocycles. The standard InChI is InChI=1S/C24H29FN2O4/c1-2-3-15-30-24(29)27-13-11-26(12-14-27)17-22(28)21-10-9-20(25)16-23(21)31-18-19-7-5-4-6-8-19/h4-10,16H,2-3,11-15,17-18H2,1H3. The van der Waals surface area contributed by atoms with Gasteiger partial charge in [-0.15, -0.1) is 0 Å². The highest BCUT2D eigenvalue weighted by atomic mass is 19.1. The number of hydrogen-bond acceptors (Lipinski definition) is 5. The van der Waals surface area contributed by atoms with E-state index in [4.69, 9.17) is 9.47 Å². The van der Waals surface area contributed by atoms with Crippen LogP contribution in [0, 0.1) is 5.82 Å². The third-order valence-electron chi connectivity index (χ3n) is 5.20. The van der Waals surface area contributed by atoms with E-state index in [0.29, 0.717) is 38.3 Å². The summed E-state index contributed by atoms with van der Waals surface area (Å²) in [5, 5.41) is 0. The molecule has 0 spiro atoms. The summed E-state index contributed by atoms with van der Waals surface area (Å²) in [6, 6.07) is 13.5. The van der Waals surface area contributed by atoms with Crippen molar-refractivity contribution < 1.29 is 23.5 Å². The molecule has 2 aromatic rings. The van der Waals surface area contributed by atoms with Crippen molar-refractivity contribution in [2.75, 3.05) is 39.3 Å². The molecule has 0 atom stereocenters. The Labute approximate surface area is 182 Å². The molecule has 1 amide bonds. The van der Waals surface area contributed by atoms with Crippen LogP contribution in [0.1, 0.15) is 35.7 Å². The lowest BCUT2D eigenvalue weighted by Gasteiger charge is -2.33. The van der Waals surface area contributed by atoms with Gasteiger partial charge in [-0.05, 0) is 24.1 Å². The van der Waals surface area contributed by atoms with Gasteiger partial charge < -0.3 is 14.4 Å². The van der Waals surface area contributed by atoms with Crippen LogP contribution in [-0.4, -0.2) is 61.0 Å². The van der Waals surface area contributed by atoms with E-state index in [0.717, 1.165) is 18.4 Å². The van der Waals surface area contributed by atoms with Crippen molar-refractivity contribution >= 4 is 11.9 Å². The third-order valence-corrected chi connectivity index (χ3v) is 5.20. The molecule has 1 aliphatic heterocycles. The van der Waals surface area contributed by atoms with Gasteiger partial charge in [0.2, 0.25) is 0 Å². The van der Waals surface area contributed by atoms with Gasteiger partial charge in [0.15, 0.2) is 5.78 Å². The number of ether oxygens (including phenoxy) is 2. The number of carbonyl (C=O) groups excluding carboxylic acids is 2. The van der Waals surface area contributed by atoms with Crippen LogP contribution >= 0.6 is 0 Å². The summed E-state index contributed by atoms with van der Waals surface area (Å²) in [4.78, 5) is 28.6. The largest absolute Gasteiger partial charge is 0.488 e. The minimum Gasteiger partial charge on any atom is -0.488 e. The number of nitrogens with zero attached hydrogens (tertiary/aromatic N) is 2. The zero-order valence-electron chi connectivity index (χ0n) is 17.9. The number of unbranched alkanes of at least 4 members (excludes halogenated alkanes) is 1. The van der Waals surface area contributed by atoms with Crippen molar-refractivity contribution in [2.45, 2.75) is 26.4 Å². The zero-order chi connectivity index (χ0) is 22.1. The third kappa shape index (κ3) is 6.79. The van der Waals surface area contributed by atoms with Gasteiger partial charge in [-0.3, -0.25) is 9.69 Å². The van der Waals surface area contributed by atoms with Gasteiger partial charge in [0, 0.05) is 32.2 Å². The summed E-state index contributed by atoms with van der Waals surface area (Å²) in [6.45, 7) is 5.10. The number of benzene rings is 2. The lowest BCUT2D eigenvalue weighted by Crippen LogP contribution is -2.50. The van der Waals surface area contributed by atoms with E-state index in [-0.39, 0.29) is 30.8 Å². The lowest BCUT2D eigenvalue weighted by molar-refractivity contribution is 0.0705. The van der Waals surface area contributed by atoms with Crippen molar-refractivity contribution in [1.29, 1.82) is 0 Å². The van der Waals surface area contributed by atoms with Crippen LogP contribution in [0.15, 0.2) is 48.5 Å².